The van der Waals surface area contributed by atoms with Crippen LogP contribution >= 0.6 is 0 Å². The lowest BCUT2D eigenvalue weighted by molar-refractivity contribution is 0.416. The van der Waals surface area contributed by atoms with Crippen molar-refractivity contribution in [2.45, 2.75) is 45.4 Å². The average Bonchev–Trinajstić information content (AvgIpc) is 2.52. The smallest absolute Gasteiger partial charge is 0.0276 e. The Balaban J connectivity index is 1.81. The second kappa shape index (κ2) is 8.58. The van der Waals surface area contributed by atoms with E-state index in [9.17, 15) is 0 Å². The second-order valence-electron chi connectivity index (χ2n) is 5.70. The Bertz CT molecular complexity index is 414. The first kappa shape index (κ1) is 14.8. The van der Waals surface area contributed by atoms with E-state index < -0.39 is 0 Å². The molecule has 0 fully saturated rings. The van der Waals surface area contributed by atoms with Crippen LogP contribution in [0.1, 0.15) is 43.7 Å². The molecule has 0 atom stereocenters. The fraction of sp³-hybridized carbons (Fsp3) is 0.400. The van der Waals surface area contributed by atoms with Gasteiger partial charge in [0.25, 0.3) is 0 Å². The molecule has 0 radical (unpaired) electrons. The summed E-state index contributed by atoms with van der Waals surface area (Å²) in [4.78, 5) is 0. The summed E-state index contributed by atoms with van der Waals surface area (Å²) in [6.45, 7) is 2.30. The molecule has 0 N–H and O–H groups in total. The maximum Gasteiger partial charge on any atom is -0.0276 e. The van der Waals surface area contributed by atoms with Gasteiger partial charge in [-0.15, -0.1) is 0 Å². The zero-order valence-electron chi connectivity index (χ0n) is 12.6. The Labute approximate surface area is 123 Å². The van der Waals surface area contributed by atoms with Gasteiger partial charge in [0.1, 0.15) is 0 Å². The van der Waals surface area contributed by atoms with Crippen molar-refractivity contribution in [3.63, 3.8) is 0 Å². The van der Waals surface area contributed by atoms with E-state index in [0.29, 0.717) is 0 Å². The molecule has 0 unspecified atom stereocenters. The third-order valence-corrected chi connectivity index (χ3v) is 4.07. The zero-order valence-corrected chi connectivity index (χ0v) is 12.6. The third kappa shape index (κ3) is 5.21. The molecule has 0 aliphatic carbocycles. The molecule has 0 spiro atoms. The quantitative estimate of drug-likeness (QED) is 0.577. The molecular weight excluding hydrogens is 240 g/mol. The molecule has 0 aromatic heterocycles. The van der Waals surface area contributed by atoms with Gasteiger partial charge in [-0.2, -0.15) is 0 Å². The number of benzene rings is 2. The van der Waals surface area contributed by atoms with E-state index in [1.807, 2.05) is 0 Å². The van der Waals surface area contributed by atoms with Gasteiger partial charge in [0.05, 0.1) is 0 Å². The van der Waals surface area contributed by atoms with Gasteiger partial charge in [0, 0.05) is 0 Å². The van der Waals surface area contributed by atoms with Gasteiger partial charge in [0.15, 0.2) is 0 Å². The van der Waals surface area contributed by atoms with E-state index in [0.717, 1.165) is 5.92 Å². The highest BCUT2D eigenvalue weighted by Gasteiger charge is 2.08. The van der Waals surface area contributed by atoms with Crippen molar-refractivity contribution in [3.05, 3.63) is 71.8 Å². The Morgan fingerprint density at radius 1 is 0.650 bits per heavy atom. The van der Waals surface area contributed by atoms with Gasteiger partial charge in [-0.05, 0) is 42.7 Å². The van der Waals surface area contributed by atoms with Crippen LogP contribution in [0, 0.1) is 5.92 Å². The minimum atomic E-state index is 0.861. The third-order valence-electron chi connectivity index (χ3n) is 4.07. The molecule has 0 amide bonds. The zero-order chi connectivity index (χ0) is 14.0. The standard InChI is InChI=1S/C20H26/c1-2-9-18(14-16-19-10-5-3-6-11-19)15-17-20-12-7-4-8-13-20/h3-8,10-13,18H,2,9,14-17H2,1H3. The van der Waals surface area contributed by atoms with Crippen molar-refractivity contribution in [1.29, 1.82) is 0 Å². The summed E-state index contributed by atoms with van der Waals surface area (Å²) in [7, 11) is 0. The van der Waals surface area contributed by atoms with Gasteiger partial charge >= 0.3 is 0 Å². The lowest BCUT2D eigenvalue weighted by Gasteiger charge is -2.16. The van der Waals surface area contributed by atoms with Gasteiger partial charge < -0.3 is 0 Å². The van der Waals surface area contributed by atoms with Crippen LogP contribution in [0.4, 0.5) is 0 Å². The second-order valence-corrected chi connectivity index (χ2v) is 5.70. The van der Waals surface area contributed by atoms with Crippen LogP contribution in [0.3, 0.4) is 0 Å². The summed E-state index contributed by atoms with van der Waals surface area (Å²) < 4.78 is 0. The van der Waals surface area contributed by atoms with Crippen LogP contribution in [0.2, 0.25) is 0 Å². The van der Waals surface area contributed by atoms with E-state index in [2.05, 4.69) is 67.6 Å². The monoisotopic (exact) mass is 266 g/mol. The van der Waals surface area contributed by atoms with Crippen LogP contribution in [0.25, 0.3) is 0 Å². The van der Waals surface area contributed by atoms with Gasteiger partial charge in [-0.1, -0.05) is 80.4 Å². The summed E-state index contributed by atoms with van der Waals surface area (Å²) in [6, 6.07) is 21.8. The van der Waals surface area contributed by atoms with Crippen molar-refractivity contribution in [2.24, 2.45) is 5.92 Å². The molecule has 2 aromatic carbocycles. The lowest BCUT2D eigenvalue weighted by Crippen LogP contribution is -2.04. The molecule has 20 heavy (non-hydrogen) atoms. The normalized spacial score (nSPS) is 10.9. The largest absolute Gasteiger partial charge is 0.0654 e. The predicted octanol–water partition coefficient (Wildman–Crippen LogP) is 5.67. The molecule has 0 nitrogen and oxygen atoms in total. The molecule has 2 rings (SSSR count). The Kier molecular flexibility index (Phi) is 6.37. The summed E-state index contributed by atoms with van der Waals surface area (Å²) in [5.41, 5.74) is 2.96. The molecule has 0 saturated carbocycles. The number of hydrogen-bond acceptors (Lipinski definition) is 0. The van der Waals surface area contributed by atoms with Crippen molar-refractivity contribution in [3.8, 4) is 0 Å². The first-order valence-electron chi connectivity index (χ1n) is 7.96. The average molecular weight is 266 g/mol. The molecule has 106 valence electrons. The molecular formula is C20H26. The number of aryl methyl sites for hydroxylation is 2. The summed E-state index contributed by atoms with van der Waals surface area (Å²) in [6.07, 6.45) is 7.75. The fourth-order valence-electron chi connectivity index (χ4n) is 2.87. The molecule has 0 saturated heterocycles. The maximum absolute atomic E-state index is 2.30. The highest BCUT2D eigenvalue weighted by molar-refractivity contribution is 5.15. The first-order chi connectivity index (χ1) is 9.88. The molecule has 0 aliphatic heterocycles. The van der Waals surface area contributed by atoms with Crippen LogP contribution < -0.4 is 0 Å². The van der Waals surface area contributed by atoms with Gasteiger partial charge in [-0.25, -0.2) is 0 Å². The Hall–Kier alpha value is -1.56. The first-order valence-corrected chi connectivity index (χ1v) is 7.96. The molecule has 0 aliphatic rings. The summed E-state index contributed by atoms with van der Waals surface area (Å²) in [5.74, 6) is 0.861. The van der Waals surface area contributed by atoms with Crippen LogP contribution in [-0.2, 0) is 12.8 Å². The summed E-state index contributed by atoms with van der Waals surface area (Å²) in [5, 5.41) is 0. The fourth-order valence-corrected chi connectivity index (χ4v) is 2.87. The van der Waals surface area contributed by atoms with Gasteiger partial charge in [0.2, 0.25) is 0 Å². The summed E-state index contributed by atoms with van der Waals surface area (Å²) >= 11 is 0. The van der Waals surface area contributed by atoms with Crippen molar-refractivity contribution in [1.82, 2.24) is 0 Å². The molecule has 2 aromatic rings. The highest BCUT2D eigenvalue weighted by atomic mass is 14.1. The Morgan fingerprint density at radius 2 is 1.10 bits per heavy atom. The van der Waals surface area contributed by atoms with E-state index in [-0.39, 0.29) is 0 Å². The minimum Gasteiger partial charge on any atom is -0.0654 e. The Morgan fingerprint density at radius 3 is 1.50 bits per heavy atom. The topological polar surface area (TPSA) is 0 Å². The van der Waals surface area contributed by atoms with E-state index in [4.69, 9.17) is 0 Å². The van der Waals surface area contributed by atoms with E-state index in [1.54, 1.807) is 0 Å². The van der Waals surface area contributed by atoms with Crippen molar-refractivity contribution in [2.75, 3.05) is 0 Å². The van der Waals surface area contributed by atoms with Crippen LogP contribution in [0.15, 0.2) is 60.7 Å². The lowest BCUT2D eigenvalue weighted by atomic mass is 9.90. The van der Waals surface area contributed by atoms with Gasteiger partial charge in [-0.3, -0.25) is 0 Å². The molecule has 0 heterocycles. The minimum absolute atomic E-state index is 0.861. The van der Waals surface area contributed by atoms with Crippen molar-refractivity contribution >= 4 is 0 Å². The molecule has 0 bridgehead atoms. The number of hydrogen-bond donors (Lipinski definition) is 0. The maximum atomic E-state index is 2.30. The van der Waals surface area contributed by atoms with Crippen LogP contribution in [-0.4, -0.2) is 0 Å². The predicted molar refractivity (Wildman–Crippen MR) is 87.9 cm³/mol. The molecule has 0 heteroatoms. The number of rotatable bonds is 8. The SMILES string of the molecule is CCCC(CCc1ccccc1)CCc1ccccc1. The van der Waals surface area contributed by atoms with Crippen molar-refractivity contribution < 1.29 is 0 Å². The van der Waals surface area contributed by atoms with E-state index in [1.165, 1.54) is 49.7 Å². The highest BCUT2D eigenvalue weighted by Crippen LogP contribution is 2.21. The van der Waals surface area contributed by atoms with Crippen LogP contribution in [0.5, 0.6) is 0 Å². The van der Waals surface area contributed by atoms with E-state index >= 15 is 0 Å².